The van der Waals surface area contributed by atoms with Gasteiger partial charge in [-0.2, -0.15) is 0 Å². The van der Waals surface area contributed by atoms with Gasteiger partial charge in [-0.3, -0.25) is 14.9 Å². The lowest BCUT2D eigenvalue weighted by Gasteiger charge is -1.99. The lowest BCUT2D eigenvalue weighted by Crippen LogP contribution is -2.21. The minimum absolute atomic E-state index is 0.326. The molecule has 1 N–H and O–H groups in total. The van der Waals surface area contributed by atoms with Crippen molar-refractivity contribution < 1.29 is 9.59 Å². The molecule has 0 unspecified atom stereocenters. The molecule has 1 aromatic carbocycles. The zero-order valence-corrected chi connectivity index (χ0v) is 9.89. The molecule has 0 atom stereocenters. The van der Waals surface area contributed by atoms with E-state index in [1.165, 1.54) is 17.8 Å². The van der Waals surface area contributed by atoms with E-state index >= 15 is 0 Å². The average Bonchev–Trinajstić information content (AvgIpc) is 2.49. The first-order valence-corrected chi connectivity index (χ1v) is 5.76. The molecule has 0 aromatic heterocycles. The molecular weight excluding hydrogens is 278 g/mol. The zero-order valence-electron chi connectivity index (χ0n) is 7.49. The van der Waals surface area contributed by atoms with Crippen LogP contribution in [0.25, 0.3) is 0 Å². The molecule has 0 radical (unpaired) electrons. The highest BCUT2D eigenvalue weighted by Crippen LogP contribution is 2.29. The topological polar surface area (TPSA) is 46.2 Å². The third kappa shape index (κ3) is 2.49. The second-order valence-electron chi connectivity index (χ2n) is 2.88. The largest absolute Gasteiger partial charge is 0.288 e. The second kappa shape index (κ2) is 4.20. The zero-order chi connectivity index (χ0) is 10.8. The quantitative estimate of drug-likeness (QED) is 0.846. The molecule has 15 heavy (non-hydrogen) atoms. The summed E-state index contributed by atoms with van der Waals surface area (Å²) >= 11 is 4.60. The number of hydrogen-bond donors (Lipinski definition) is 1. The third-order valence-corrected chi connectivity index (χ3v) is 3.32. The SMILES string of the molecule is O=C1C=C(Sc2ccc(Br)cc2)C(=O)N1. The monoisotopic (exact) mass is 283 g/mol. The molecule has 0 aliphatic carbocycles. The van der Waals surface area contributed by atoms with Crippen LogP contribution in [-0.2, 0) is 9.59 Å². The van der Waals surface area contributed by atoms with Crippen molar-refractivity contribution in [2.45, 2.75) is 4.90 Å². The van der Waals surface area contributed by atoms with Crippen LogP contribution in [0.15, 0.2) is 44.6 Å². The summed E-state index contributed by atoms with van der Waals surface area (Å²) in [6, 6.07) is 7.53. The number of carbonyl (C=O) groups is 2. The molecule has 0 fully saturated rings. The number of thioether (sulfide) groups is 1. The Balaban J connectivity index is 2.16. The molecule has 1 heterocycles. The first kappa shape index (κ1) is 10.4. The number of imide groups is 1. The van der Waals surface area contributed by atoms with E-state index in [1.807, 2.05) is 24.3 Å². The Hall–Kier alpha value is -1.07. The van der Waals surface area contributed by atoms with Crippen molar-refractivity contribution in [3.05, 3.63) is 39.7 Å². The predicted molar refractivity (Wildman–Crippen MR) is 61.2 cm³/mol. The first-order chi connectivity index (χ1) is 7.15. The van der Waals surface area contributed by atoms with Gasteiger partial charge in [-0.25, -0.2) is 0 Å². The van der Waals surface area contributed by atoms with Crippen LogP contribution in [0.1, 0.15) is 0 Å². The Morgan fingerprint density at radius 3 is 2.33 bits per heavy atom. The van der Waals surface area contributed by atoms with Crippen LogP contribution in [0.2, 0.25) is 0 Å². The van der Waals surface area contributed by atoms with Crippen molar-refractivity contribution in [2.24, 2.45) is 0 Å². The van der Waals surface area contributed by atoms with E-state index < -0.39 is 0 Å². The van der Waals surface area contributed by atoms with Crippen molar-refractivity contribution in [3.8, 4) is 0 Å². The molecule has 3 nitrogen and oxygen atoms in total. The smallest absolute Gasteiger partial charge is 0.265 e. The molecular formula is C10H6BrNO2S. The molecule has 0 spiro atoms. The van der Waals surface area contributed by atoms with E-state index in [9.17, 15) is 9.59 Å². The minimum atomic E-state index is -0.348. The first-order valence-electron chi connectivity index (χ1n) is 4.15. The molecule has 0 saturated carbocycles. The molecule has 76 valence electrons. The van der Waals surface area contributed by atoms with Crippen LogP contribution in [0, 0.1) is 0 Å². The molecule has 0 bridgehead atoms. The van der Waals surface area contributed by atoms with Gasteiger partial charge in [0.25, 0.3) is 11.8 Å². The highest BCUT2D eigenvalue weighted by Gasteiger charge is 2.21. The van der Waals surface area contributed by atoms with E-state index in [4.69, 9.17) is 0 Å². The van der Waals surface area contributed by atoms with Gasteiger partial charge in [-0.15, -0.1) is 0 Å². The highest BCUT2D eigenvalue weighted by molar-refractivity contribution is 9.10. The van der Waals surface area contributed by atoms with Crippen LogP contribution >= 0.6 is 27.7 Å². The number of amides is 2. The molecule has 2 amide bonds. The van der Waals surface area contributed by atoms with Gasteiger partial charge in [-0.1, -0.05) is 27.7 Å². The molecule has 0 saturated heterocycles. The second-order valence-corrected chi connectivity index (χ2v) is 4.91. The Bertz CT molecular complexity index is 453. The van der Waals surface area contributed by atoms with Gasteiger partial charge >= 0.3 is 0 Å². The lowest BCUT2D eigenvalue weighted by molar-refractivity contribution is -0.123. The van der Waals surface area contributed by atoms with Crippen LogP contribution < -0.4 is 5.32 Å². The van der Waals surface area contributed by atoms with Gasteiger partial charge in [0, 0.05) is 15.4 Å². The van der Waals surface area contributed by atoms with Gasteiger partial charge < -0.3 is 0 Å². The normalized spacial score (nSPS) is 15.1. The van der Waals surface area contributed by atoms with Crippen LogP contribution in [0.3, 0.4) is 0 Å². The summed E-state index contributed by atoms with van der Waals surface area (Å²) in [4.78, 5) is 23.5. The van der Waals surface area contributed by atoms with Crippen molar-refractivity contribution in [1.82, 2.24) is 5.32 Å². The number of nitrogens with one attached hydrogen (secondary N) is 1. The van der Waals surface area contributed by atoms with Gasteiger partial charge in [-0.05, 0) is 24.3 Å². The molecule has 1 aliphatic heterocycles. The Morgan fingerprint density at radius 1 is 1.13 bits per heavy atom. The summed E-state index contributed by atoms with van der Waals surface area (Å²) in [6.45, 7) is 0. The van der Waals surface area contributed by atoms with E-state index in [1.54, 1.807) is 0 Å². The third-order valence-electron chi connectivity index (χ3n) is 1.76. The molecule has 1 aromatic rings. The summed E-state index contributed by atoms with van der Waals surface area (Å²) in [5.74, 6) is -0.674. The summed E-state index contributed by atoms with van der Waals surface area (Å²) in [5.41, 5.74) is 0. The van der Waals surface area contributed by atoms with Crippen molar-refractivity contribution in [1.29, 1.82) is 0 Å². The Morgan fingerprint density at radius 2 is 1.80 bits per heavy atom. The van der Waals surface area contributed by atoms with Crippen molar-refractivity contribution in [3.63, 3.8) is 0 Å². The maximum Gasteiger partial charge on any atom is 0.265 e. The fraction of sp³-hybridized carbons (Fsp3) is 0. The number of benzene rings is 1. The minimum Gasteiger partial charge on any atom is -0.288 e. The van der Waals surface area contributed by atoms with Crippen molar-refractivity contribution in [2.75, 3.05) is 0 Å². The van der Waals surface area contributed by atoms with E-state index in [0.29, 0.717) is 4.91 Å². The van der Waals surface area contributed by atoms with Crippen LogP contribution in [0.4, 0.5) is 0 Å². The fourth-order valence-corrected chi connectivity index (χ4v) is 2.20. The van der Waals surface area contributed by atoms with Gasteiger partial charge in [0.15, 0.2) is 0 Å². The molecule has 1 aliphatic rings. The number of rotatable bonds is 2. The van der Waals surface area contributed by atoms with Crippen LogP contribution in [0.5, 0.6) is 0 Å². The standard InChI is InChI=1S/C10H6BrNO2S/c11-6-1-3-7(4-2-6)15-8-5-9(13)12-10(8)14/h1-5H,(H,12,13,14). The van der Waals surface area contributed by atoms with Gasteiger partial charge in [0.2, 0.25) is 0 Å². The summed E-state index contributed by atoms with van der Waals surface area (Å²) in [7, 11) is 0. The van der Waals surface area contributed by atoms with Gasteiger partial charge in [0.05, 0.1) is 4.91 Å². The number of carbonyl (C=O) groups excluding carboxylic acids is 2. The van der Waals surface area contributed by atoms with Crippen LogP contribution in [-0.4, -0.2) is 11.8 Å². The lowest BCUT2D eigenvalue weighted by atomic mass is 10.4. The van der Waals surface area contributed by atoms with Crippen molar-refractivity contribution >= 4 is 39.5 Å². The molecule has 5 heteroatoms. The number of halogens is 1. The maximum atomic E-state index is 11.2. The molecule has 2 rings (SSSR count). The maximum absolute atomic E-state index is 11.2. The Labute approximate surface area is 99.1 Å². The predicted octanol–water partition coefficient (Wildman–Crippen LogP) is 2.08. The number of hydrogen-bond acceptors (Lipinski definition) is 3. The summed E-state index contributed by atoms with van der Waals surface area (Å²) in [6.07, 6.45) is 1.31. The fourth-order valence-electron chi connectivity index (χ4n) is 1.10. The van der Waals surface area contributed by atoms with Gasteiger partial charge in [0.1, 0.15) is 0 Å². The summed E-state index contributed by atoms with van der Waals surface area (Å²) in [5, 5.41) is 2.20. The van der Waals surface area contributed by atoms with E-state index in [0.717, 1.165) is 9.37 Å². The summed E-state index contributed by atoms with van der Waals surface area (Å²) < 4.78 is 0.979. The van der Waals surface area contributed by atoms with E-state index in [-0.39, 0.29) is 11.8 Å². The highest BCUT2D eigenvalue weighted by atomic mass is 79.9. The average molecular weight is 284 g/mol. The van der Waals surface area contributed by atoms with E-state index in [2.05, 4.69) is 21.2 Å². The Kier molecular flexibility index (Phi) is 2.93.